The molecule has 3 aromatic heterocycles. The zero-order valence-corrected chi connectivity index (χ0v) is 10.6. The molecule has 0 fully saturated rings. The molecule has 0 atom stereocenters. The summed E-state index contributed by atoms with van der Waals surface area (Å²) in [6.07, 6.45) is 5.16. The van der Waals surface area contributed by atoms with Crippen molar-refractivity contribution in [1.82, 2.24) is 19.7 Å². The summed E-state index contributed by atoms with van der Waals surface area (Å²) in [4.78, 5) is 20.1. The van der Waals surface area contributed by atoms with Crippen molar-refractivity contribution in [1.29, 1.82) is 0 Å². The Kier molecular flexibility index (Phi) is 2.06. The molecule has 0 aliphatic carbocycles. The van der Waals surface area contributed by atoms with Gasteiger partial charge in [-0.3, -0.25) is 0 Å². The monoisotopic (exact) mass is 268 g/mol. The van der Waals surface area contributed by atoms with Crippen molar-refractivity contribution in [3.63, 3.8) is 0 Å². The van der Waals surface area contributed by atoms with Crippen molar-refractivity contribution in [2.24, 2.45) is 0 Å². The number of ether oxygens (including phenoxy) is 1. The van der Waals surface area contributed by atoms with Crippen LogP contribution in [0.15, 0.2) is 36.8 Å². The summed E-state index contributed by atoms with van der Waals surface area (Å²) in [6, 6.07) is 5.39. The van der Waals surface area contributed by atoms with Gasteiger partial charge in [-0.1, -0.05) is 4.63 Å². The number of benzene rings is 1. The second-order valence-corrected chi connectivity index (χ2v) is 4.39. The van der Waals surface area contributed by atoms with Crippen LogP contribution in [0.2, 0.25) is 0 Å². The van der Waals surface area contributed by atoms with Gasteiger partial charge in [-0.05, 0) is 18.2 Å². The summed E-state index contributed by atoms with van der Waals surface area (Å²) in [6.45, 7) is 0. The maximum absolute atomic E-state index is 11.6. The number of aromatic nitrogens is 5. The van der Waals surface area contributed by atoms with Crippen LogP contribution in [-0.4, -0.2) is 32.8 Å². The van der Waals surface area contributed by atoms with Crippen molar-refractivity contribution in [2.75, 3.05) is 7.11 Å². The molecule has 0 aliphatic heterocycles. The van der Waals surface area contributed by atoms with Crippen LogP contribution in [0, 0.1) is 0 Å². The number of nitrogens with one attached hydrogen (secondary N) is 1. The lowest BCUT2D eigenvalue weighted by Crippen LogP contribution is -2.26. The van der Waals surface area contributed by atoms with E-state index in [1.165, 1.54) is 7.11 Å². The highest BCUT2D eigenvalue weighted by molar-refractivity contribution is 5.93. The Hall–Kier alpha value is -2.96. The lowest BCUT2D eigenvalue weighted by molar-refractivity contribution is -0.568. The predicted octanol–water partition coefficient (Wildman–Crippen LogP) is 0.736. The van der Waals surface area contributed by atoms with Crippen LogP contribution < -0.4 is 4.52 Å². The molecule has 7 heteroatoms. The van der Waals surface area contributed by atoms with Crippen molar-refractivity contribution >= 4 is 28.2 Å². The first kappa shape index (κ1) is 10.9. The largest absolute Gasteiger partial charge is 0.465 e. The Labute approximate surface area is 112 Å². The average Bonchev–Trinajstić information content (AvgIpc) is 3.00. The molecule has 0 spiro atoms. The fraction of sp³-hybridized carbons (Fsp3) is 0.0769. The summed E-state index contributed by atoms with van der Waals surface area (Å²) >= 11 is 0. The van der Waals surface area contributed by atoms with E-state index in [4.69, 9.17) is 4.74 Å². The molecule has 0 bridgehead atoms. The highest BCUT2D eigenvalue weighted by atomic mass is 16.5. The predicted molar refractivity (Wildman–Crippen MR) is 69.3 cm³/mol. The molecule has 4 aromatic rings. The number of nitrogens with zero attached hydrogens (tertiary/aromatic N) is 4. The zero-order valence-electron chi connectivity index (χ0n) is 10.6. The number of carbonyl (C=O) groups is 1. The van der Waals surface area contributed by atoms with Gasteiger partial charge in [0.1, 0.15) is 11.7 Å². The van der Waals surface area contributed by atoms with E-state index < -0.39 is 0 Å². The number of hydrogen-bond donors (Lipinski definition) is 1. The van der Waals surface area contributed by atoms with E-state index >= 15 is 0 Å². The number of carbonyl (C=O) groups excluding carboxylic acids is 1. The van der Waals surface area contributed by atoms with Crippen molar-refractivity contribution in [3.8, 4) is 0 Å². The van der Waals surface area contributed by atoms with Crippen LogP contribution in [0.1, 0.15) is 10.4 Å². The molecule has 1 aromatic carbocycles. The van der Waals surface area contributed by atoms with Gasteiger partial charge in [0, 0.05) is 5.39 Å². The number of rotatable bonds is 1. The van der Waals surface area contributed by atoms with Gasteiger partial charge in [-0.25, -0.2) is 9.78 Å². The molecule has 0 saturated heterocycles. The molecule has 0 aliphatic rings. The van der Waals surface area contributed by atoms with Gasteiger partial charge in [0.15, 0.2) is 0 Å². The summed E-state index contributed by atoms with van der Waals surface area (Å²) in [7, 11) is 1.37. The molecule has 0 radical (unpaired) electrons. The van der Waals surface area contributed by atoms with E-state index in [2.05, 4.69) is 15.1 Å². The number of esters is 1. The first-order chi connectivity index (χ1) is 9.78. The maximum atomic E-state index is 11.6. The highest BCUT2D eigenvalue weighted by Gasteiger charge is 2.18. The number of H-pyrrole nitrogens is 1. The standard InChI is InChI=1S/C13H10N5O2/c1-20-13(19)8-2-3-10-9(6-8)7-17-16-11-12(18(10)17)15-5-4-14-11/h2-7H,1H3,(H,14,16)/q+1. The van der Waals surface area contributed by atoms with Gasteiger partial charge >= 0.3 is 11.6 Å². The molecule has 4 rings (SSSR count). The van der Waals surface area contributed by atoms with E-state index in [-0.39, 0.29) is 5.97 Å². The quantitative estimate of drug-likeness (QED) is 0.408. The van der Waals surface area contributed by atoms with E-state index in [1.54, 1.807) is 29.2 Å². The Morgan fingerprint density at radius 3 is 3.05 bits per heavy atom. The minimum absolute atomic E-state index is 0.351. The molecule has 20 heavy (non-hydrogen) atoms. The van der Waals surface area contributed by atoms with Crippen LogP contribution in [0.4, 0.5) is 0 Å². The summed E-state index contributed by atoms with van der Waals surface area (Å²) in [5, 5.41) is 4.03. The van der Waals surface area contributed by atoms with Gasteiger partial charge < -0.3 is 4.74 Å². The molecule has 7 nitrogen and oxygen atoms in total. The molecule has 0 saturated carbocycles. The maximum Gasteiger partial charge on any atom is 0.346 e. The zero-order chi connectivity index (χ0) is 13.7. The van der Waals surface area contributed by atoms with Gasteiger partial charge in [0.25, 0.3) is 5.65 Å². The second kappa shape index (κ2) is 3.77. The van der Waals surface area contributed by atoms with Crippen molar-refractivity contribution in [3.05, 3.63) is 42.4 Å². The summed E-state index contributed by atoms with van der Waals surface area (Å²) in [5.74, 6) is -0.351. The van der Waals surface area contributed by atoms with E-state index in [9.17, 15) is 4.79 Å². The third kappa shape index (κ3) is 1.34. The fourth-order valence-corrected chi connectivity index (χ4v) is 2.37. The third-order valence-electron chi connectivity index (χ3n) is 3.25. The van der Waals surface area contributed by atoms with Gasteiger partial charge in [-0.15, -0.1) is 9.50 Å². The molecule has 3 heterocycles. The molecule has 1 N–H and O–H groups in total. The van der Waals surface area contributed by atoms with Gasteiger partial charge in [0.05, 0.1) is 25.1 Å². The topological polar surface area (TPSA) is 76.4 Å². The van der Waals surface area contributed by atoms with Crippen LogP contribution >= 0.6 is 0 Å². The van der Waals surface area contributed by atoms with Gasteiger partial charge in [-0.2, -0.15) is 5.10 Å². The lowest BCUT2D eigenvalue weighted by Gasteiger charge is -1.97. The number of hydrogen-bond acceptors (Lipinski definition) is 4. The van der Waals surface area contributed by atoms with E-state index in [0.717, 1.165) is 16.6 Å². The normalized spacial score (nSPS) is 11.4. The average molecular weight is 268 g/mol. The van der Waals surface area contributed by atoms with Crippen LogP contribution in [0.25, 0.3) is 22.2 Å². The molecule has 0 unspecified atom stereocenters. The van der Waals surface area contributed by atoms with Crippen molar-refractivity contribution in [2.45, 2.75) is 0 Å². The Morgan fingerprint density at radius 2 is 2.20 bits per heavy atom. The molecular weight excluding hydrogens is 258 g/mol. The first-order valence-corrected chi connectivity index (χ1v) is 6.02. The van der Waals surface area contributed by atoms with Crippen LogP contribution in [0.5, 0.6) is 0 Å². The number of fused-ring (bicyclic) bond motifs is 5. The fourth-order valence-electron chi connectivity index (χ4n) is 2.37. The number of aromatic amines is 1. The Bertz CT molecular complexity index is 969. The molecule has 0 amide bonds. The highest BCUT2D eigenvalue weighted by Crippen LogP contribution is 2.15. The Balaban J connectivity index is 2.08. The minimum atomic E-state index is -0.351. The smallest absolute Gasteiger partial charge is 0.346 e. The summed E-state index contributed by atoms with van der Waals surface area (Å²) in [5.41, 5.74) is 2.88. The second-order valence-electron chi connectivity index (χ2n) is 4.39. The van der Waals surface area contributed by atoms with E-state index in [1.807, 2.05) is 16.8 Å². The Morgan fingerprint density at radius 1 is 1.35 bits per heavy atom. The SMILES string of the molecule is COC(=O)c1ccc2c(c1)cn1[nH]c3nccnc3[n+]21. The molecular formula is C13H10N5O2+. The number of methoxy groups -OCH3 is 1. The van der Waals surface area contributed by atoms with Gasteiger partial charge in [0.2, 0.25) is 0 Å². The first-order valence-electron chi connectivity index (χ1n) is 6.02. The van der Waals surface area contributed by atoms with Crippen LogP contribution in [-0.2, 0) is 4.74 Å². The van der Waals surface area contributed by atoms with Crippen LogP contribution in [0.3, 0.4) is 0 Å². The minimum Gasteiger partial charge on any atom is -0.465 e. The lowest BCUT2D eigenvalue weighted by atomic mass is 10.1. The van der Waals surface area contributed by atoms with E-state index in [0.29, 0.717) is 11.2 Å². The summed E-state index contributed by atoms with van der Waals surface area (Å²) < 4.78 is 8.42. The third-order valence-corrected chi connectivity index (χ3v) is 3.25. The van der Waals surface area contributed by atoms with Crippen molar-refractivity contribution < 1.29 is 14.0 Å². The molecule has 98 valence electrons.